The number of hydrogen-bond acceptors (Lipinski definition) is 1. The maximum absolute atomic E-state index is 3.55. The van der Waals surface area contributed by atoms with Crippen LogP contribution in [-0.4, -0.2) is 13.1 Å². The monoisotopic (exact) mass is 259 g/mol. The van der Waals surface area contributed by atoms with Gasteiger partial charge in [0.1, 0.15) is 0 Å². The van der Waals surface area contributed by atoms with Gasteiger partial charge in [-0.1, -0.05) is 58.9 Å². The van der Waals surface area contributed by atoms with E-state index in [1.807, 2.05) is 0 Å². The van der Waals surface area contributed by atoms with E-state index in [1.165, 1.54) is 24.1 Å². The second-order valence-electron chi connectivity index (χ2n) is 7.38. The number of nitrogens with one attached hydrogen (secondary N) is 1. The van der Waals surface area contributed by atoms with Crippen LogP contribution in [0.5, 0.6) is 0 Å². The lowest BCUT2D eigenvalue weighted by atomic mass is 9.75. The van der Waals surface area contributed by atoms with Crippen molar-refractivity contribution in [2.45, 2.75) is 52.4 Å². The molecule has 1 heterocycles. The van der Waals surface area contributed by atoms with Gasteiger partial charge in [-0.05, 0) is 53.8 Å². The van der Waals surface area contributed by atoms with Crippen molar-refractivity contribution in [3.05, 3.63) is 35.4 Å². The highest BCUT2D eigenvalue weighted by molar-refractivity contribution is 5.30. The largest absolute Gasteiger partial charge is 0.316 e. The first-order chi connectivity index (χ1) is 8.89. The molecule has 19 heavy (non-hydrogen) atoms. The van der Waals surface area contributed by atoms with Gasteiger partial charge in [0.05, 0.1) is 0 Å². The summed E-state index contributed by atoms with van der Waals surface area (Å²) in [5, 5.41) is 3.55. The summed E-state index contributed by atoms with van der Waals surface area (Å²) in [7, 11) is 0. The Balaban J connectivity index is 2.20. The lowest BCUT2D eigenvalue weighted by Crippen LogP contribution is -2.38. The van der Waals surface area contributed by atoms with Gasteiger partial charge in [0.2, 0.25) is 0 Å². The van der Waals surface area contributed by atoms with Gasteiger partial charge in [-0.2, -0.15) is 0 Å². The van der Waals surface area contributed by atoms with Gasteiger partial charge in [-0.15, -0.1) is 0 Å². The third kappa shape index (κ3) is 3.39. The van der Waals surface area contributed by atoms with E-state index in [0.29, 0.717) is 0 Å². The van der Waals surface area contributed by atoms with E-state index in [4.69, 9.17) is 0 Å². The Hall–Kier alpha value is -0.820. The normalized spacial score (nSPS) is 24.7. The third-order valence-electron chi connectivity index (χ3n) is 4.59. The van der Waals surface area contributed by atoms with Crippen LogP contribution >= 0.6 is 0 Å². The molecule has 1 nitrogen and oxygen atoms in total. The quantitative estimate of drug-likeness (QED) is 0.833. The van der Waals surface area contributed by atoms with Crippen LogP contribution in [0.4, 0.5) is 0 Å². The Bertz CT molecular complexity index is 397. The zero-order valence-corrected chi connectivity index (χ0v) is 13.2. The molecule has 0 amide bonds. The van der Waals surface area contributed by atoms with Gasteiger partial charge in [0.25, 0.3) is 0 Å². The second kappa shape index (κ2) is 5.66. The van der Waals surface area contributed by atoms with Crippen LogP contribution in [0.2, 0.25) is 0 Å². The molecule has 0 saturated carbocycles. The summed E-state index contributed by atoms with van der Waals surface area (Å²) in [5.41, 5.74) is 3.23. The standard InChI is InChI=1S/C18H29N/c1-13(2)17-12-19-11-10-16(17)14-6-8-15(9-7-14)18(3,4)5/h6-9,13,16-17,19H,10-12H2,1-5H3. The van der Waals surface area contributed by atoms with Crippen LogP contribution < -0.4 is 5.32 Å². The summed E-state index contributed by atoms with van der Waals surface area (Å²) in [6.07, 6.45) is 1.28. The van der Waals surface area contributed by atoms with Gasteiger partial charge >= 0.3 is 0 Å². The Kier molecular flexibility index (Phi) is 4.35. The Labute approximate surface area is 118 Å². The fraction of sp³-hybridized carbons (Fsp3) is 0.667. The molecule has 0 aliphatic carbocycles. The topological polar surface area (TPSA) is 12.0 Å². The molecule has 1 fully saturated rings. The SMILES string of the molecule is CC(C)C1CNCCC1c1ccc(C(C)(C)C)cc1. The minimum atomic E-state index is 0.254. The summed E-state index contributed by atoms with van der Waals surface area (Å²) in [6, 6.07) is 9.39. The second-order valence-corrected chi connectivity index (χ2v) is 7.38. The minimum absolute atomic E-state index is 0.254. The van der Waals surface area contributed by atoms with Crippen molar-refractivity contribution in [3.8, 4) is 0 Å². The zero-order valence-electron chi connectivity index (χ0n) is 13.2. The molecule has 1 aromatic carbocycles. The molecule has 0 spiro atoms. The lowest BCUT2D eigenvalue weighted by molar-refractivity contribution is 0.255. The molecule has 106 valence electrons. The van der Waals surface area contributed by atoms with Crippen molar-refractivity contribution in [1.29, 1.82) is 0 Å². The molecule has 0 radical (unpaired) electrons. The van der Waals surface area contributed by atoms with Gasteiger partial charge in [0.15, 0.2) is 0 Å². The molecule has 1 aliphatic heterocycles. The van der Waals surface area contributed by atoms with E-state index < -0.39 is 0 Å². The lowest BCUT2D eigenvalue weighted by Gasteiger charge is -2.35. The van der Waals surface area contributed by atoms with Gasteiger partial charge in [0, 0.05) is 0 Å². The molecule has 1 aromatic rings. The van der Waals surface area contributed by atoms with Crippen LogP contribution in [0, 0.1) is 11.8 Å². The average Bonchev–Trinajstić information content (AvgIpc) is 2.38. The number of rotatable bonds is 2. The fourth-order valence-electron chi connectivity index (χ4n) is 3.23. The van der Waals surface area contributed by atoms with E-state index in [1.54, 1.807) is 0 Å². The van der Waals surface area contributed by atoms with Gasteiger partial charge < -0.3 is 5.32 Å². The predicted octanol–water partition coefficient (Wildman–Crippen LogP) is 4.33. The van der Waals surface area contributed by atoms with Crippen molar-refractivity contribution >= 4 is 0 Å². The Morgan fingerprint density at radius 3 is 2.26 bits per heavy atom. The minimum Gasteiger partial charge on any atom is -0.316 e. The first-order valence-electron chi connectivity index (χ1n) is 7.71. The number of hydrogen-bond donors (Lipinski definition) is 1. The van der Waals surface area contributed by atoms with Crippen molar-refractivity contribution in [2.75, 3.05) is 13.1 Å². The highest BCUT2D eigenvalue weighted by Crippen LogP contribution is 2.35. The molecule has 1 heteroatoms. The van der Waals surface area contributed by atoms with Crippen LogP contribution in [0.1, 0.15) is 58.1 Å². The van der Waals surface area contributed by atoms with E-state index in [0.717, 1.165) is 24.3 Å². The predicted molar refractivity (Wildman–Crippen MR) is 83.7 cm³/mol. The molecule has 1 saturated heterocycles. The summed E-state index contributed by atoms with van der Waals surface area (Å²) in [5.74, 6) is 2.25. The highest BCUT2D eigenvalue weighted by Gasteiger charge is 2.28. The van der Waals surface area contributed by atoms with E-state index in [9.17, 15) is 0 Å². The molecule has 2 unspecified atom stereocenters. The summed E-state index contributed by atoms with van der Waals surface area (Å²) in [6.45, 7) is 13.9. The molecule has 2 atom stereocenters. The number of benzene rings is 1. The first kappa shape index (κ1) is 14.6. The molecule has 0 aromatic heterocycles. The van der Waals surface area contributed by atoms with Crippen LogP contribution in [0.15, 0.2) is 24.3 Å². The summed E-state index contributed by atoms with van der Waals surface area (Å²) >= 11 is 0. The van der Waals surface area contributed by atoms with Crippen molar-refractivity contribution in [2.24, 2.45) is 11.8 Å². The Morgan fingerprint density at radius 2 is 1.74 bits per heavy atom. The molecular weight excluding hydrogens is 230 g/mol. The highest BCUT2D eigenvalue weighted by atomic mass is 14.9. The van der Waals surface area contributed by atoms with Crippen molar-refractivity contribution < 1.29 is 0 Å². The van der Waals surface area contributed by atoms with Gasteiger partial charge in [-0.3, -0.25) is 0 Å². The van der Waals surface area contributed by atoms with Gasteiger partial charge in [-0.25, -0.2) is 0 Å². The van der Waals surface area contributed by atoms with Crippen LogP contribution in [0.25, 0.3) is 0 Å². The van der Waals surface area contributed by atoms with E-state index >= 15 is 0 Å². The van der Waals surface area contributed by atoms with Crippen molar-refractivity contribution in [3.63, 3.8) is 0 Å². The average molecular weight is 259 g/mol. The van der Waals surface area contributed by atoms with E-state index in [-0.39, 0.29) is 5.41 Å². The Morgan fingerprint density at radius 1 is 1.11 bits per heavy atom. The maximum atomic E-state index is 3.55. The molecule has 1 aliphatic rings. The third-order valence-corrected chi connectivity index (χ3v) is 4.59. The molecule has 1 N–H and O–H groups in total. The first-order valence-corrected chi connectivity index (χ1v) is 7.71. The van der Waals surface area contributed by atoms with Crippen molar-refractivity contribution in [1.82, 2.24) is 5.32 Å². The maximum Gasteiger partial charge on any atom is -0.00122 e. The summed E-state index contributed by atoms with van der Waals surface area (Å²) in [4.78, 5) is 0. The molecule has 2 rings (SSSR count). The molecular formula is C18H29N. The van der Waals surface area contributed by atoms with Crippen LogP contribution in [-0.2, 0) is 5.41 Å². The smallest absolute Gasteiger partial charge is 0.00122 e. The summed E-state index contributed by atoms with van der Waals surface area (Å²) < 4.78 is 0. The zero-order chi connectivity index (χ0) is 14.0. The number of piperidine rings is 1. The van der Waals surface area contributed by atoms with Crippen LogP contribution in [0.3, 0.4) is 0 Å². The molecule has 0 bridgehead atoms. The van der Waals surface area contributed by atoms with E-state index in [2.05, 4.69) is 64.2 Å². The fourth-order valence-corrected chi connectivity index (χ4v) is 3.23.